The van der Waals surface area contributed by atoms with Crippen LogP contribution in [0.4, 0.5) is 13.2 Å². The summed E-state index contributed by atoms with van der Waals surface area (Å²) in [5, 5.41) is 9.67. The number of hydrogen-bond donors (Lipinski definition) is 0. The largest absolute Gasteiger partial charge is 0.534 e. The highest BCUT2D eigenvalue weighted by molar-refractivity contribution is 7.87. The van der Waals surface area contributed by atoms with Gasteiger partial charge < -0.3 is 13.7 Å². The number of carbonyl (C=O) groups excluding carboxylic acids is 2. The maximum Gasteiger partial charge on any atom is 0.534 e. The van der Waals surface area contributed by atoms with Crippen molar-refractivity contribution in [2.24, 2.45) is 0 Å². The zero-order chi connectivity index (χ0) is 26.1. The van der Waals surface area contributed by atoms with E-state index in [4.69, 9.17) is 9.47 Å². The molecule has 0 unspecified atom stereocenters. The van der Waals surface area contributed by atoms with Crippen LogP contribution in [0.2, 0.25) is 0 Å². The molecule has 0 atom stereocenters. The van der Waals surface area contributed by atoms with Crippen LogP contribution in [-0.2, 0) is 25.1 Å². The van der Waals surface area contributed by atoms with E-state index in [1.165, 1.54) is 24.3 Å². The Morgan fingerprint density at radius 2 is 1.47 bits per heavy atom. The highest BCUT2D eigenvalue weighted by Crippen LogP contribution is 2.38. The van der Waals surface area contributed by atoms with Gasteiger partial charge in [-0.1, -0.05) is 20.8 Å². The van der Waals surface area contributed by atoms with Crippen LogP contribution >= 0.6 is 0 Å². The standard InChI is InChI=1S/C21H19F3N2O7S/c1-11(27)31-14-6-13(7-15(8-14)32-12(2)28)16-9-18(20(3,4)5)26-19(17(16)10-25)33-34(29,30)21(22,23)24/h6-9H,1-5H3. The number of ether oxygens (including phenoxy) is 2. The van der Waals surface area contributed by atoms with Crippen molar-refractivity contribution >= 4 is 22.1 Å². The molecular formula is C21H19F3N2O7S. The fourth-order valence-corrected chi connectivity index (χ4v) is 3.05. The Balaban J connectivity index is 2.89. The summed E-state index contributed by atoms with van der Waals surface area (Å²) < 4.78 is 76.4. The molecule has 182 valence electrons. The minimum absolute atomic E-state index is 0.0497. The van der Waals surface area contributed by atoms with Crippen molar-refractivity contribution in [1.82, 2.24) is 4.98 Å². The smallest absolute Gasteiger partial charge is 0.427 e. The van der Waals surface area contributed by atoms with Gasteiger partial charge in [-0.05, 0) is 23.8 Å². The minimum Gasteiger partial charge on any atom is -0.427 e. The number of aromatic nitrogens is 1. The summed E-state index contributed by atoms with van der Waals surface area (Å²) >= 11 is 0. The lowest BCUT2D eigenvalue weighted by molar-refractivity contribution is -0.132. The van der Waals surface area contributed by atoms with Crippen LogP contribution in [0.5, 0.6) is 17.4 Å². The third-order valence-electron chi connectivity index (χ3n) is 4.05. The molecule has 0 aliphatic heterocycles. The second kappa shape index (κ2) is 9.30. The van der Waals surface area contributed by atoms with Crippen LogP contribution in [0.15, 0.2) is 24.3 Å². The van der Waals surface area contributed by atoms with Crippen LogP contribution in [0.1, 0.15) is 45.9 Å². The monoisotopic (exact) mass is 500 g/mol. The predicted molar refractivity (Wildman–Crippen MR) is 111 cm³/mol. The van der Waals surface area contributed by atoms with Gasteiger partial charge in [0.15, 0.2) is 0 Å². The quantitative estimate of drug-likeness (QED) is 0.259. The molecule has 9 nitrogen and oxygen atoms in total. The third-order valence-corrected chi connectivity index (χ3v) is 5.00. The zero-order valence-electron chi connectivity index (χ0n) is 18.6. The summed E-state index contributed by atoms with van der Waals surface area (Å²) in [7, 11) is -6.15. The van der Waals surface area contributed by atoms with Gasteiger partial charge in [0.1, 0.15) is 23.1 Å². The molecule has 0 aliphatic rings. The highest BCUT2D eigenvalue weighted by Gasteiger charge is 2.49. The van der Waals surface area contributed by atoms with Crippen LogP contribution in [0, 0.1) is 11.3 Å². The van der Waals surface area contributed by atoms with E-state index < -0.39 is 44.4 Å². The van der Waals surface area contributed by atoms with Crippen molar-refractivity contribution in [3.8, 4) is 34.6 Å². The SMILES string of the molecule is CC(=O)Oc1cc(OC(C)=O)cc(-c2cc(C(C)(C)C)nc(OS(=O)(=O)C(F)(F)F)c2C#N)c1. The Hall–Kier alpha value is -3.66. The van der Waals surface area contributed by atoms with Crippen LogP contribution in [0.25, 0.3) is 11.1 Å². The number of alkyl halides is 3. The molecule has 0 saturated heterocycles. The summed E-state index contributed by atoms with van der Waals surface area (Å²) in [6.07, 6.45) is 0. The molecule has 0 radical (unpaired) electrons. The summed E-state index contributed by atoms with van der Waals surface area (Å²) in [6.45, 7) is 7.15. The lowest BCUT2D eigenvalue weighted by Gasteiger charge is -2.21. The van der Waals surface area contributed by atoms with Crippen LogP contribution in [0.3, 0.4) is 0 Å². The fraction of sp³-hybridized carbons (Fsp3) is 0.333. The first-order valence-electron chi connectivity index (χ1n) is 9.43. The first-order chi connectivity index (χ1) is 15.4. The van der Waals surface area contributed by atoms with Crippen molar-refractivity contribution in [2.75, 3.05) is 0 Å². The average Bonchev–Trinajstić information content (AvgIpc) is 2.64. The molecular weight excluding hydrogens is 481 g/mol. The molecule has 13 heteroatoms. The fourth-order valence-electron chi connectivity index (χ4n) is 2.63. The third kappa shape index (κ3) is 6.22. The normalized spacial score (nSPS) is 12.0. The molecule has 34 heavy (non-hydrogen) atoms. The van der Waals surface area contributed by atoms with E-state index in [0.29, 0.717) is 0 Å². The molecule has 0 aliphatic carbocycles. The molecule has 2 aromatic rings. The Labute approximate surface area is 193 Å². The molecule has 2 rings (SSSR count). The molecule has 0 bridgehead atoms. The molecule has 1 aromatic heterocycles. The second-order valence-electron chi connectivity index (χ2n) is 7.96. The van der Waals surface area contributed by atoms with Crippen molar-refractivity contribution in [3.63, 3.8) is 0 Å². The Morgan fingerprint density at radius 1 is 0.971 bits per heavy atom. The number of esters is 2. The van der Waals surface area contributed by atoms with Crippen LogP contribution < -0.4 is 13.7 Å². The topological polar surface area (TPSA) is 133 Å². The van der Waals surface area contributed by atoms with Gasteiger partial charge in [-0.3, -0.25) is 9.59 Å². The number of halogens is 3. The van der Waals surface area contributed by atoms with Crippen molar-refractivity contribution in [1.29, 1.82) is 5.26 Å². The van der Waals surface area contributed by atoms with E-state index in [2.05, 4.69) is 9.17 Å². The van der Waals surface area contributed by atoms with E-state index in [9.17, 15) is 36.4 Å². The van der Waals surface area contributed by atoms with Gasteiger partial charge in [0.25, 0.3) is 5.88 Å². The van der Waals surface area contributed by atoms with Gasteiger partial charge in [-0.15, -0.1) is 0 Å². The minimum atomic E-state index is -6.15. The van der Waals surface area contributed by atoms with E-state index in [1.54, 1.807) is 26.8 Å². The maximum absolute atomic E-state index is 12.9. The van der Waals surface area contributed by atoms with E-state index >= 15 is 0 Å². The van der Waals surface area contributed by atoms with Gasteiger partial charge in [0, 0.05) is 30.9 Å². The van der Waals surface area contributed by atoms with Gasteiger partial charge in [0.2, 0.25) is 0 Å². The molecule has 0 saturated carbocycles. The van der Waals surface area contributed by atoms with Crippen LogP contribution in [-0.4, -0.2) is 30.8 Å². The number of pyridine rings is 1. The van der Waals surface area contributed by atoms with E-state index in [-0.39, 0.29) is 28.3 Å². The zero-order valence-corrected chi connectivity index (χ0v) is 19.4. The number of rotatable bonds is 5. The summed E-state index contributed by atoms with van der Waals surface area (Å²) in [5.41, 5.74) is -7.20. The Kier molecular flexibility index (Phi) is 7.27. The summed E-state index contributed by atoms with van der Waals surface area (Å²) in [6, 6.07) is 6.65. The lowest BCUT2D eigenvalue weighted by atomic mass is 9.88. The lowest BCUT2D eigenvalue weighted by Crippen LogP contribution is -2.29. The average molecular weight is 500 g/mol. The number of nitriles is 1. The molecule has 0 fully saturated rings. The Bertz CT molecular complexity index is 1260. The van der Waals surface area contributed by atoms with Gasteiger partial charge in [0.05, 0.1) is 5.69 Å². The summed E-state index contributed by atoms with van der Waals surface area (Å²) in [5.74, 6) is -2.75. The van der Waals surface area contributed by atoms with Crippen molar-refractivity contribution in [2.45, 2.75) is 45.5 Å². The first kappa shape index (κ1) is 26.6. The molecule has 0 spiro atoms. The number of nitrogens with zero attached hydrogens (tertiary/aromatic N) is 2. The highest BCUT2D eigenvalue weighted by atomic mass is 32.2. The number of carbonyl (C=O) groups is 2. The van der Waals surface area contributed by atoms with Gasteiger partial charge >= 0.3 is 27.6 Å². The van der Waals surface area contributed by atoms with E-state index in [0.717, 1.165) is 13.8 Å². The molecule has 1 heterocycles. The summed E-state index contributed by atoms with van der Waals surface area (Å²) in [4.78, 5) is 26.7. The predicted octanol–water partition coefficient (Wildman–Crippen LogP) is 4.00. The van der Waals surface area contributed by atoms with Crippen molar-refractivity contribution in [3.05, 3.63) is 35.5 Å². The maximum atomic E-state index is 12.9. The second-order valence-corrected chi connectivity index (χ2v) is 9.50. The molecule has 0 amide bonds. The van der Waals surface area contributed by atoms with Gasteiger partial charge in [-0.2, -0.15) is 26.9 Å². The first-order valence-corrected chi connectivity index (χ1v) is 10.8. The van der Waals surface area contributed by atoms with E-state index in [1.807, 2.05) is 0 Å². The number of hydrogen-bond acceptors (Lipinski definition) is 9. The molecule has 1 aromatic carbocycles. The van der Waals surface area contributed by atoms with Gasteiger partial charge in [-0.25, -0.2) is 4.98 Å². The Morgan fingerprint density at radius 3 is 1.85 bits per heavy atom. The molecule has 0 N–H and O–H groups in total. The number of benzene rings is 1. The van der Waals surface area contributed by atoms with Crippen molar-refractivity contribution < 1.29 is 44.8 Å².